The van der Waals surface area contributed by atoms with Gasteiger partial charge in [-0.15, -0.1) is 0 Å². The van der Waals surface area contributed by atoms with Gasteiger partial charge >= 0.3 is 0 Å². The summed E-state index contributed by atoms with van der Waals surface area (Å²) >= 11 is 0. The molecule has 4 fully saturated rings. The number of carbonyl (C=O) groups is 3. The highest BCUT2D eigenvalue weighted by atomic mass is 16.5. The highest BCUT2D eigenvalue weighted by Gasteiger charge is 2.40. The number of nitrogens with zero attached hydrogens (tertiary/aromatic N) is 8. The summed E-state index contributed by atoms with van der Waals surface area (Å²) in [5.74, 6) is 1.89. The third kappa shape index (κ3) is 6.93. The first-order valence-electron chi connectivity index (χ1n) is 20.7. The molecule has 0 bridgehead atoms. The Morgan fingerprint density at radius 1 is 0.810 bits per heavy atom. The number of benzene rings is 3. The molecule has 5 aromatic rings. The summed E-state index contributed by atoms with van der Waals surface area (Å²) < 4.78 is 8.12. The second-order valence-corrected chi connectivity index (χ2v) is 16.5. The lowest BCUT2D eigenvalue weighted by molar-refractivity contribution is -0.136. The fraction of sp³-hybridized carbons (Fsp3) is 0.409. The van der Waals surface area contributed by atoms with Crippen LogP contribution < -0.4 is 20.7 Å². The van der Waals surface area contributed by atoms with Gasteiger partial charge in [-0.3, -0.25) is 29.5 Å². The Labute approximate surface area is 336 Å². The zero-order valence-electron chi connectivity index (χ0n) is 32.5. The van der Waals surface area contributed by atoms with Gasteiger partial charge in [0, 0.05) is 81.6 Å². The summed E-state index contributed by atoms with van der Waals surface area (Å²) in [6.45, 7) is 7.70. The Kier molecular flexibility index (Phi) is 9.52. The van der Waals surface area contributed by atoms with Crippen LogP contribution in [0.3, 0.4) is 0 Å². The van der Waals surface area contributed by atoms with E-state index in [9.17, 15) is 14.4 Å². The van der Waals surface area contributed by atoms with Gasteiger partial charge in [0.2, 0.25) is 11.8 Å². The van der Waals surface area contributed by atoms with Crippen LogP contribution in [-0.4, -0.2) is 110 Å². The number of rotatable bonds is 9. The SMILES string of the molecule is Nc1ncnc2c1c(-c1ccc(Oc3ccccc3)cc1)nn2C1CCC(CN2CC(N3CCN(c4ccc5c(c4)CN(C4CCC(=O)NC4=O)C5=O)CC3)C2)CC1. The molecule has 10 rings (SSSR count). The monoisotopic (exact) mass is 780 g/mol. The van der Waals surface area contributed by atoms with Crippen LogP contribution in [-0.2, 0) is 16.1 Å². The number of nitrogens with two attached hydrogens (primary N) is 1. The van der Waals surface area contributed by atoms with E-state index in [4.69, 9.17) is 15.6 Å². The molecule has 298 valence electrons. The molecule has 2 aromatic heterocycles. The predicted molar refractivity (Wildman–Crippen MR) is 219 cm³/mol. The number of nitrogen functional groups attached to an aromatic ring is 1. The van der Waals surface area contributed by atoms with Gasteiger partial charge in [0.1, 0.15) is 35.4 Å². The Hall–Kier alpha value is -5.86. The van der Waals surface area contributed by atoms with Crippen LogP contribution in [0.1, 0.15) is 60.5 Å². The van der Waals surface area contributed by atoms with E-state index in [0.29, 0.717) is 36.3 Å². The van der Waals surface area contributed by atoms with Crippen molar-refractivity contribution in [2.24, 2.45) is 5.92 Å². The van der Waals surface area contributed by atoms with E-state index in [1.54, 1.807) is 11.2 Å². The number of para-hydroxylation sites is 1. The molecule has 0 radical (unpaired) electrons. The zero-order chi connectivity index (χ0) is 39.3. The minimum absolute atomic E-state index is 0.127. The van der Waals surface area contributed by atoms with Gasteiger partial charge < -0.3 is 20.3 Å². The van der Waals surface area contributed by atoms with E-state index in [2.05, 4.69) is 40.7 Å². The molecular weight excluding hydrogens is 733 g/mol. The largest absolute Gasteiger partial charge is 0.457 e. The number of anilines is 2. The fourth-order valence-corrected chi connectivity index (χ4v) is 9.72. The molecule has 1 saturated carbocycles. The van der Waals surface area contributed by atoms with Crippen molar-refractivity contribution in [3.63, 3.8) is 0 Å². The molecular formula is C44H48N10O4. The van der Waals surface area contributed by atoms with Gasteiger partial charge in [0.25, 0.3) is 5.91 Å². The second kappa shape index (κ2) is 15.1. The summed E-state index contributed by atoms with van der Waals surface area (Å²) in [6, 6.07) is 24.0. The normalized spacial score (nSPS) is 23.2. The maximum Gasteiger partial charge on any atom is 0.255 e. The van der Waals surface area contributed by atoms with Crippen LogP contribution in [0.5, 0.6) is 11.5 Å². The van der Waals surface area contributed by atoms with Crippen molar-refractivity contribution in [1.29, 1.82) is 0 Å². The molecule has 14 nitrogen and oxygen atoms in total. The van der Waals surface area contributed by atoms with E-state index in [0.717, 1.165) is 117 Å². The number of hydrogen-bond donors (Lipinski definition) is 2. The summed E-state index contributed by atoms with van der Waals surface area (Å²) in [7, 11) is 0. The smallest absolute Gasteiger partial charge is 0.255 e. The van der Waals surface area contributed by atoms with Gasteiger partial charge in [-0.1, -0.05) is 18.2 Å². The summed E-state index contributed by atoms with van der Waals surface area (Å²) in [6.07, 6.45) is 6.60. The average molecular weight is 781 g/mol. The number of imide groups is 1. The molecule has 0 spiro atoms. The van der Waals surface area contributed by atoms with Gasteiger partial charge in [0.15, 0.2) is 5.65 Å². The number of carbonyl (C=O) groups excluding carboxylic acids is 3. The van der Waals surface area contributed by atoms with Crippen LogP contribution in [0.4, 0.5) is 11.5 Å². The molecule has 4 aliphatic heterocycles. The lowest BCUT2D eigenvalue weighted by atomic mass is 9.85. The minimum atomic E-state index is -0.591. The Morgan fingerprint density at radius 3 is 2.33 bits per heavy atom. The minimum Gasteiger partial charge on any atom is -0.457 e. The third-order valence-electron chi connectivity index (χ3n) is 12.9. The molecule has 3 saturated heterocycles. The Bertz CT molecular complexity index is 2350. The van der Waals surface area contributed by atoms with E-state index < -0.39 is 6.04 Å². The van der Waals surface area contributed by atoms with E-state index in [1.807, 2.05) is 66.7 Å². The van der Waals surface area contributed by atoms with E-state index in [-0.39, 0.29) is 30.2 Å². The van der Waals surface area contributed by atoms with E-state index >= 15 is 0 Å². The van der Waals surface area contributed by atoms with Crippen LogP contribution in [0.25, 0.3) is 22.3 Å². The molecule has 6 heterocycles. The number of hydrogen-bond acceptors (Lipinski definition) is 11. The zero-order valence-corrected chi connectivity index (χ0v) is 32.5. The van der Waals surface area contributed by atoms with Crippen molar-refractivity contribution in [2.75, 3.05) is 56.4 Å². The molecule has 5 aliphatic rings. The molecule has 3 aromatic carbocycles. The van der Waals surface area contributed by atoms with Gasteiger partial charge in [-0.2, -0.15) is 5.10 Å². The Balaban J connectivity index is 0.702. The van der Waals surface area contributed by atoms with Crippen molar-refractivity contribution >= 4 is 40.3 Å². The van der Waals surface area contributed by atoms with Crippen LogP contribution in [0.15, 0.2) is 79.1 Å². The average Bonchev–Trinajstić information content (AvgIpc) is 3.78. The van der Waals surface area contributed by atoms with Crippen molar-refractivity contribution in [2.45, 2.75) is 63.2 Å². The number of amides is 3. The fourth-order valence-electron chi connectivity index (χ4n) is 9.72. The number of likely N-dealkylation sites (tertiary alicyclic amines) is 1. The maximum absolute atomic E-state index is 13.2. The summed E-state index contributed by atoms with van der Waals surface area (Å²) in [5.41, 5.74) is 11.7. The van der Waals surface area contributed by atoms with Crippen molar-refractivity contribution in [1.82, 2.24) is 39.8 Å². The molecule has 1 unspecified atom stereocenters. The number of piperidine rings is 1. The highest BCUT2D eigenvalue weighted by Crippen LogP contribution is 2.39. The molecule has 1 aliphatic carbocycles. The lowest BCUT2D eigenvalue weighted by Crippen LogP contribution is -2.63. The molecule has 14 heteroatoms. The second-order valence-electron chi connectivity index (χ2n) is 16.5. The van der Waals surface area contributed by atoms with Gasteiger partial charge in [-0.05, 0) is 98.2 Å². The number of piperazine rings is 1. The van der Waals surface area contributed by atoms with Crippen molar-refractivity contribution in [3.8, 4) is 22.8 Å². The van der Waals surface area contributed by atoms with Crippen LogP contribution in [0.2, 0.25) is 0 Å². The first-order chi connectivity index (χ1) is 28.3. The standard InChI is InChI=1S/C44H48N10O4/c45-41-39-40(29-8-13-35(14-9-29)58-34-4-2-1-3-5-34)49-54(42(39)47-27-46-41)31-10-6-28(7-11-31)23-50-25-33(26-50)52-20-18-51(19-21-52)32-12-15-36-30(22-32)24-53(44(36)57)37-16-17-38(55)48-43(37)56/h1-5,8-9,12-15,22,27-28,31,33,37H,6-7,10-11,16-21,23-26H2,(H2,45,46,47)(H,48,55,56). The summed E-state index contributed by atoms with van der Waals surface area (Å²) in [5, 5.41) is 8.32. The number of nitrogens with one attached hydrogen (secondary N) is 1. The Morgan fingerprint density at radius 2 is 1.57 bits per heavy atom. The van der Waals surface area contributed by atoms with Gasteiger partial charge in [-0.25, -0.2) is 14.6 Å². The number of ether oxygens (including phenoxy) is 1. The summed E-state index contributed by atoms with van der Waals surface area (Å²) in [4.78, 5) is 55.6. The maximum atomic E-state index is 13.2. The third-order valence-corrected chi connectivity index (χ3v) is 12.9. The number of aromatic nitrogens is 4. The van der Waals surface area contributed by atoms with Crippen molar-refractivity contribution in [3.05, 3.63) is 90.3 Å². The molecule has 3 amide bonds. The first kappa shape index (κ1) is 36.5. The molecule has 58 heavy (non-hydrogen) atoms. The molecule has 3 N–H and O–H groups in total. The lowest BCUT2D eigenvalue weighted by Gasteiger charge is -2.49. The van der Waals surface area contributed by atoms with Crippen LogP contribution in [0, 0.1) is 5.92 Å². The van der Waals surface area contributed by atoms with E-state index in [1.165, 1.54) is 0 Å². The first-order valence-corrected chi connectivity index (χ1v) is 20.7. The predicted octanol–water partition coefficient (Wildman–Crippen LogP) is 4.87. The van der Waals surface area contributed by atoms with Crippen LogP contribution >= 0.6 is 0 Å². The van der Waals surface area contributed by atoms with Crippen molar-refractivity contribution < 1.29 is 19.1 Å². The molecule has 1 atom stereocenters. The van der Waals surface area contributed by atoms with Gasteiger partial charge in [0.05, 0.1) is 11.4 Å². The quantitative estimate of drug-likeness (QED) is 0.197. The highest BCUT2D eigenvalue weighted by molar-refractivity contribution is 6.05. The number of fused-ring (bicyclic) bond motifs is 2. The topological polar surface area (TPSA) is 155 Å².